The highest BCUT2D eigenvalue weighted by atomic mass is 32.2. The van der Waals surface area contributed by atoms with Crippen molar-refractivity contribution < 1.29 is 22.7 Å². The van der Waals surface area contributed by atoms with Gasteiger partial charge in [-0.3, -0.25) is 4.79 Å². The Bertz CT molecular complexity index is 1040. The van der Waals surface area contributed by atoms with Crippen LogP contribution >= 0.6 is 0 Å². The molecule has 0 aliphatic heterocycles. The van der Waals surface area contributed by atoms with Crippen molar-refractivity contribution in [3.63, 3.8) is 0 Å². The lowest BCUT2D eigenvalue weighted by Crippen LogP contribution is -2.35. The van der Waals surface area contributed by atoms with E-state index in [-0.39, 0.29) is 29.3 Å². The number of carbonyl (C=O) groups is 2. The van der Waals surface area contributed by atoms with Crippen molar-refractivity contribution >= 4 is 27.6 Å². The number of nitrogens with zero attached hydrogens (tertiary/aromatic N) is 2. The first-order valence-corrected chi connectivity index (χ1v) is 10.8. The second kappa shape index (κ2) is 10.5. The molecule has 0 fully saturated rings. The summed E-state index contributed by atoms with van der Waals surface area (Å²) in [5.41, 5.74) is 1.80. The average Bonchev–Trinajstić information content (AvgIpc) is 2.74. The van der Waals surface area contributed by atoms with Crippen LogP contribution in [0.15, 0.2) is 53.4 Å². The van der Waals surface area contributed by atoms with Crippen LogP contribution in [0.4, 0.5) is 5.69 Å². The van der Waals surface area contributed by atoms with Gasteiger partial charge in [-0.25, -0.2) is 17.9 Å². The Morgan fingerprint density at radius 3 is 2.40 bits per heavy atom. The molecule has 0 heterocycles. The van der Waals surface area contributed by atoms with Gasteiger partial charge in [0.25, 0.3) is 5.91 Å². The van der Waals surface area contributed by atoms with E-state index in [1.54, 1.807) is 0 Å². The molecular weight excluding hydrogens is 406 g/mol. The van der Waals surface area contributed by atoms with E-state index in [4.69, 9.17) is 10.00 Å². The number of para-hydroxylation sites is 1. The molecule has 9 heteroatoms. The van der Waals surface area contributed by atoms with Gasteiger partial charge in [0.05, 0.1) is 16.5 Å². The van der Waals surface area contributed by atoms with E-state index in [2.05, 4.69) is 4.72 Å². The molecular formula is C21H23N3O5S. The summed E-state index contributed by atoms with van der Waals surface area (Å²) in [5, 5.41) is 8.49. The smallest absolute Gasteiger partial charge is 0.338 e. The second-order valence-electron chi connectivity index (χ2n) is 6.33. The minimum atomic E-state index is -3.76. The minimum Gasteiger partial charge on any atom is -0.452 e. The summed E-state index contributed by atoms with van der Waals surface area (Å²) < 4.78 is 31.6. The maximum Gasteiger partial charge on any atom is 0.338 e. The molecule has 0 saturated heterocycles. The van der Waals surface area contributed by atoms with E-state index in [0.717, 1.165) is 11.3 Å². The van der Waals surface area contributed by atoms with Crippen LogP contribution in [0.2, 0.25) is 0 Å². The topological polar surface area (TPSA) is 117 Å². The zero-order valence-electron chi connectivity index (χ0n) is 16.8. The summed E-state index contributed by atoms with van der Waals surface area (Å²) in [6, 6.07) is 14.4. The summed E-state index contributed by atoms with van der Waals surface area (Å²) in [6.07, 6.45) is 0.0505. The van der Waals surface area contributed by atoms with Gasteiger partial charge in [-0.05, 0) is 49.7 Å². The number of rotatable bonds is 9. The van der Waals surface area contributed by atoms with Gasteiger partial charge in [0, 0.05) is 25.2 Å². The molecule has 0 unspecified atom stereocenters. The number of ether oxygens (including phenoxy) is 1. The Morgan fingerprint density at radius 1 is 1.13 bits per heavy atom. The molecule has 1 amide bonds. The zero-order valence-corrected chi connectivity index (χ0v) is 17.6. The molecule has 0 aliphatic rings. The lowest BCUT2D eigenvalue weighted by atomic mass is 10.2. The van der Waals surface area contributed by atoms with Crippen LogP contribution in [0, 0.1) is 18.3 Å². The molecule has 0 radical (unpaired) electrons. The number of carbonyl (C=O) groups excluding carboxylic acids is 2. The lowest BCUT2D eigenvalue weighted by molar-refractivity contribution is -0.121. The van der Waals surface area contributed by atoms with Crippen LogP contribution in [0.25, 0.3) is 0 Å². The number of sulfonamides is 1. The number of likely N-dealkylation sites (N-methyl/N-ethyl adjacent to an activating group) is 1. The summed E-state index contributed by atoms with van der Waals surface area (Å²) in [7, 11) is -3.76. The van der Waals surface area contributed by atoms with Crippen molar-refractivity contribution in [1.82, 2.24) is 4.72 Å². The minimum absolute atomic E-state index is 0.000441. The standard InChI is InChI=1S/C21H23N3O5S/c1-3-24(19-8-5-4-7-16(19)2)20(25)15-29-21(26)17-9-11-18(12-10-17)30(27,28)23-14-6-13-22/h4-5,7-12,23H,3,6,14-15H2,1-2H3. The molecule has 0 saturated carbocycles. The molecule has 8 nitrogen and oxygen atoms in total. The molecule has 0 aromatic heterocycles. The average molecular weight is 429 g/mol. The fourth-order valence-electron chi connectivity index (χ4n) is 2.73. The number of hydrogen-bond acceptors (Lipinski definition) is 6. The van der Waals surface area contributed by atoms with E-state index in [0.29, 0.717) is 6.54 Å². The number of hydrogen-bond donors (Lipinski definition) is 1. The van der Waals surface area contributed by atoms with Gasteiger partial charge < -0.3 is 9.64 Å². The third-order valence-electron chi connectivity index (χ3n) is 4.28. The van der Waals surface area contributed by atoms with E-state index in [9.17, 15) is 18.0 Å². The number of amides is 1. The number of benzene rings is 2. The first-order chi connectivity index (χ1) is 14.3. The number of nitriles is 1. The van der Waals surface area contributed by atoms with Crippen LogP contribution < -0.4 is 9.62 Å². The molecule has 2 aromatic rings. The fraction of sp³-hybridized carbons (Fsp3) is 0.286. The van der Waals surface area contributed by atoms with Crippen molar-refractivity contribution in [1.29, 1.82) is 5.26 Å². The summed E-state index contributed by atoms with van der Waals surface area (Å²) in [6.45, 7) is 3.71. The quantitative estimate of drug-likeness (QED) is 0.483. The van der Waals surface area contributed by atoms with E-state index >= 15 is 0 Å². The lowest BCUT2D eigenvalue weighted by Gasteiger charge is -2.22. The Kier molecular flexibility index (Phi) is 8.09. The zero-order chi connectivity index (χ0) is 22.1. The van der Waals surface area contributed by atoms with Crippen LogP contribution in [0.3, 0.4) is 0 Å². The summed E-state index contributed by atoms with van der Waals surface area (Å²) in [4.78, 5) is 26.2. The van der Waals surface area contributed by atoms with Crippen molar-refractivity contribution in [2.24, 2.45) is 0 Å². The summed E-state index contributed by atoms with van der Waals surface area (Å²) in [5.74, 6) is -1.09. The maximum absolute atomic E-state index is 12.5. The van der Waals surface area contributed by atoms with Gasteiger partial charge in [-0.15, -0.1) is 0 Å². The van der Waals surface area contributed by atoms with Crippen LogP contribution in [0.1, 0.15) is 29.3 Å². The molecule has 30 heavy (non-hydrogen) atoms. The van der Waals surface area contributed by atoms with Gasteiger partial charge in [-0.1, -0.05) is 18.2 Å². The van der Waals surface area contributed by atoms with E-state index < -0.39 is 22.6 Å². The number of anilines is 1. The highest BCUT2D eigenvalue weighted by Crippen LogP contribution is 2.19. The van der Waals surface area contributed by atoms with Crippen molar-refractivity contribution in [3.05, 3.63) is 59.7 Å². The van der Waals surface area contributed by atoms with Gasteiger partial charge in [0.1, 0.15) is 0 Å². The normalized spacial score (nSPS) is 10.8. The van der Waals surface area contributed by atoms with E-state index in [1.165, 1.54) is 29.2 Å². The van der Waals surface area contributed by atoms with E-state index in [1.807, 2.05) is 44.2 Å². The third kappa shape index (κ3) is 5.89. The summed E-state index contributed by atoms with van der Waals surface area (Å²) >= 11 is 0. The van der Waals surface area contributed by atoms with Gasteiger partial charge in [-0.2, -0.15) is 5.26 Å². The fourth-order valence-corrected chi connectivity index (χ4v) is 3.76. The first-order valence-electron chi connectivity index (χ1n) is 9.30. The molecule has 2 rings (SSSR count). The largest absolute Gasteiger partial charge is 0.452 e. The first kappa shape index (κ1) is 23.1. The molecule has 0 aliphatic carbocycles. The third-order valence-corrected chi connectivity index (χ3v) is 5.76. The highest BCUT2D eigenvalue weighted by Gasteiger charge is 2.19. The number of aryl methyl sites for hydroxylation is 1. The Labute approximate surface area is 176 Å². The molecule has 0 atom stereocenters. The van der Waals surface area contributed by atoms with Crippen molar-refractivity contribution in [2.45, 2.75) is 25.2 Å². The Balaban J connectivity index is 2.00. The molecule has 1 N–H and O–H groups in total. The monoisotopic (exact) mass is 429 g/mol. The number of esters is 1. The molecule has 2 aromatic carbocycles. The predicted octanol–water partition coefficient (Wildman–Crippen LogP) is 2.40. The van der Waals surface area contributed by atoms with Gasteiger partial charge >= 0.3 is 5.97 Å². The molecule has 0 bridgehead atoms. The second-order valence-corrected chi connectivity index (χ2v) is 8.10. The van der Waals surface area contributed by atoms with Crippen molar-refractivity contribution in [2.75, 3.05) is 24.6 Å². The molecule has 158 valence electrons. The predicted molar refractivity (Wildman–Crippen MR) is 111 cm³/mol. The highest BCUT2D eigenvalue weighted by molar-refractivity contribution is 7.89. The van der Waals surface area contributed by atoms with Crippen LogP contribution in [-0.4, -0.2) is 40.0 Å². The maximum atomic E-state index is 12.5. The van der Waals surface area contributed by atoms with Crippen LogP contribution in [0.5, 0.6) is 0 Å². The number of nitrogens with one attached hydrogen (secondary N) is 1. The molecule has 0 spiro atoms. The van der Waals surface area contributed by atoms with Crippen LogP contribution in [-0.2, 0) is 19.6 Å². The Morgan fingerprint density at radius 2 is 1.80 bits per heavy atom. The van der Waals surface area contributed by atoms with Gasteiger partial charge in [0.15, 0.2) is 6.61 Å². The SMILES string of the molecule is CCN(C(=O)COC(=O)c1ccc(S(=O)(=O)NCCC#N)cc1)c1ccccc1C. The van der Waals surface area contributed by atoms with Gasteiger partial charge in [0.2, 0.25) is 10.0 Å². The Hall–Kier alpha value is -3.22. The van der Waals surface area contributed by atoms with Crippen molar-refractivity contribution in [3.8, 4) is 6.07 Å².